The number of amides is 1. The van der Waals surface area contributed by atoms with Crippen LogP contribution in [0.4, 0.5) is 10.5 Å². The van der Waals surface area contributed by atoms with Crippen molar-refractivity contribution in [3.8, 4) is 0 Å². The van der Waals surface area contributed by atoms with E-state index in [0.717, 1.165) is 0 Å². The van der Waals surface area contributed by atoms with Gasteiger partial charge in [-0.3, -0.25) is 10.1 Å². The highest BCUT2D eigenvalue weighted by atomic mass is 16.6. The van der Waals surface area contributed by atoms with Gasteiger partial charge >= 0.3 is 12.1 Å². The number of carboxylic acids is 1. The SMILES string of the molecule is O=C(NC(CO)C(=O)O)OCc1ccc([N+](=O)[O-])cc1. The first kappa shape index (κ1) is 15.4. The van der Waals surface area contributed by atoms with Gasteiger partial charge in [0, 0.05) is 12.1 Å². The third-order valence-electron chi connectivity index (χ3n) is 2.29. The number of hydrogen-bond donors (Lipinski definition) is 3. The van der Waals surface area contributed by atoms with E-state index in [1.165, 1.54) is 24.3 Å². The van der Waals surface area contributed by atoms with Crippen molar-refractivity contribution in [1.82, 2.24) is 5.32 Å². The number of nitrogens with one attached hydrogen (secondary N) is 1. The summed E-state index contributed by atoms with van der Waals surface area (Å²) in [6.45, 7) is -0.941. The second-order valence-electron chi connectivity index (χ2n) is 3.72. The van der Waals surface area contributed by atoms with Crippen LogP contribution in [0.3, 0.4) is 0 Å². The summed E-state index contributed by atoms with van der Waals surface area (Å²) in [5, 5.41) is 29.7. The molecule has 0 heterocycles. The fraction of sp³-hybridized carbons (Fsp3) is 0.273. The van der Waals surface area contributed by atoms with Gasteiger partial charge < -0.3 is 20.3 Å². The Morgan fingerprint density at radius 3 is 2.40 bits per heavy atom. The van der Waals surface area contributed by atoms with E-state index in [0.29, 0.717) is 5.56 Å². The fourth-order valence-electron chi connectivity index (χ4n) is 1.23. The zero-order chi connectivity index (χ0) is 15.1. The summed E-state index contributed by atoms with van der Waals surface area (Å²) in [5.74, 6) is -1.39. The van der Waals surface area contributed by atoms with Crippen LogP contribution >= 0.6 is 0 Å². The molecule has 1 unspecified atom stereocenters. The molecule has 3 N–H and O–H groups in total. The number of aliphatic hydroxyl groups excluding tert-OH is 1. The highest BCUT2D eigenvalue weighted by molar-refractivity contribution is 5.79. The molecule has 0 fully saturated rings. The number of ether oxygens (including phenoxy) is 1. The summed E-state index contributed by atoms with van der Waals surface area (Å²) in [7, 11) is 0. The maximum absolute atomic E-state index is 11.2. The van der Waals surface area contributed by atoms with Crippen LogP contribution in [-0.2, 0) is 16.1 Å². The van der Waals surface area contributed by atoms with Gasteiger partial charge in [0.05, 0.1) is 11.5 Å². The van der Waals surface area contributed by atoms with E-state index < -0.39 is 29.6 Å². The minimum Gasteiger partial charge on any atom is -0.480 e. The Balaban J connectivity index is 2.48. The fourth-order valence-corrected chi connectivity index (χ4v) is 1.23. The maximum Gasteiger partial charge on any atom is 0.408 e. The summed E-state index contributed by atoms with van der Waals surface area (Å²) in [6, 6.07) is 3.88. The minimum absolute atomic E-state index is 0.0931. The molecule has 0 aliphatic heterocycles. The van der Waals surface area contributed by atoms with Gasteiger partial charge in [0.1, 0.15) is 6.61 Å². The molecule has 1 amide bonds. The summed E-state index contributed by atoms with van der Waals surface area (Å²) in [4.78, 5) is 31.7. The molecule has 0 aliphatic rings. The molecule has 20 heavy (non-hydrogen) atoms. The summed E-state index contributed by atoms with van der Waals surface area (Å²) < 4.78 is 4.72. The van der Waals surface area contributed by atoms with Gasteiger partial charge in [0.15, 0.2) is 6.04 Å². The number of carbonyl (C=O) groups excluding carboxylic acids is 1. The molecule has 1 aromatic carbocycles. The molecule has 0 bridgehead atoms. The average Bonchev–Trinajstić information content (AvgIpc) is 2.42. The number of non-ortho nitro benzene ring substituents is 1. The van der Waals surface area contributed by atoms with Crippen molar-refractivity contribution >= 4 is 17.7 Å². The smallest absolute Gasteiger partial charge is 0.408 e. The van der Waals surface area contributed by atoms with Crippen molar-refractivity contribution in [2.24, 2.45) is 0 Å². The molecule has 0 aliphatic carbocycles. The molecular formula is C11H12N2O7. The zero-order valence-corrected chi connectivity index (χ0v) is 10.2. The van der Waals surface area contributed by atoms with E-state index >= 15 is 0 Å². The highest BCUT2D eigenvalue weighted by Crippen LogP contribution is 2.12. The lowest BCUT2D eigenvalue weighted by Crippen LogP contribution is -2.43. The van der Waals surface area contributed by atoms with Crippen molar-refractivity contribution in [3.63, 3.8) is 0 Å². The van der Waals surface area contributed by atoms with Gasteiger partial charge in [-0.25, -0.2) is 9.59 Å². The summed E-state index contributed by atoms with van der Waals surface area (Å²) in [5.41, 5.74) is 0.408. The van der Waals surface area contributed by atoms with Crippen molar-refractivity contribution in [3.05, 3.63) is 39.9 Å². The maximum atomic E-state index is 11.2. The monoisotopic (exact) mass is 284 g/mol. The van der Waals surface area contributed by atoms with Gasteiger partial charge in [-0.1, -0.05) is 0 Å². The van der Waals surface area contributed by atoms with Crippen LogP contribution in [0.25, 0.3) is 0 Å². The molecule has 1 aromatic rings. The Kier molecular flexibility index (Phi) is 5.42. The van der Waals surface area contributed by atoms with Crippen molar-refractivity contribution in [2.45, 2.75) is 12.6 Å². The van der Waals surface area contributed by atoms with Gasteiger partial charge in [-0.05, 0) is 17.7 Å². The third kappa shape index (κ3) is 4.53. The van der Waals surface area contributed by atoms with Crippen molar-refractivity contribution in [1.29, 1.82) is 0 Å². The molecule has 1 atom stereocenters. The quantitative estimate of drug-likeness (QED) is 0.503. The molecule has 9 heteroatoms. The number of benzene rings is 1. The molecule has 0 saturated carbocycles. The van der Waals surface area contributed by atoms with Crippen LogP contribution < -0.4 is 5.32 Å². The van der Waals surface area contributed by atoms with Crippen LogP contribution in [0.15, 0.2) is 24.3 Å². The van der Waals surface area contributed by atoms with E-state index in [2.05, 4.69) is 0 Å². The molecule has 9 nitrogen and oxygen atoms in total. The van der Waals surface area contributed by atoms with Gasteiger partial charge in [-0.2, -0.15) is 0 Å². The Morgan fingerprint density at radius 1 is 1.35 bits per heavy atom. The highest BCUT2D eigenvalue weighted by Gasteiger charge is 2.19. The van der Waals surface area contributed by atoms with E-state index in [1.54, 1.807) is 0 Å². The first-order chi connectivity index (χ1) is 9.43. The first-order valence-electron chi connectivity index (χ1n) is 5.44. The Hall–Kier alpha value is -2.68. The predicted molar refractivity (Wildman–Crippen MR) is 64.9 cm³/mol. The zero-order valence-electron chi connectivity index (χ0n) is 10.2. The number of aliphatic carboxylic acids is 1. The van der Waals surface area contributed by atoms with Crippen LogP contribution in [0.5, 0.6) is 0 Å². The number of nitro groups is 1. The van der Waals surface area contributed by atoms with Crippen LogP contribution in [0.1, 0.15) is 5.56 Å². The number of aliphatic hydroxyl groups is 1. The molecule has 0 radical (unpaired) electrons. The summed E-state index contributed by atoms with van der Waals surface area (Å²) in [6.07, 6.45) is -1.01. The standard InChI is InChI=1S/C11H12N2O7/c14-5-9(10(15)16)12-11(17)20-6-7-1-3-8(4-2-7)13(18)19/h1-4,9,14H,5-6H2,(H,12,17)(H,15,16). The normalized spacial score (nSPS) is 11.4. The second kappa shape index (κ2) is 7.04. The largest absolute Gasteiger partial charge is 0.480 e. The summed E-state index contributed by atoms with van der Waals surface area (Å²) >= 11 is 0. The van der Waals surface area contributed by atoms with E-state index in [1.807, 2.05) is 5.32 Å². The number of alkyl carbamates (subject to hydrolysis) is 1. The molecule has 0 spiro atoms. The number of rotatable bonds is 6. The number of carboxylic acid groups (broad SMARTS) is 1. The van der Waals surface area contributed by atoms with Crippen LogP contribution in [0.2, 0.25) is 0 Å². The molecule has 108 valence electrons. The second-order valence-corrected chi connectivity index (χ2v) is 3.72. The van der Waals surface area contributed by atoms with Gasteiger partial charge in [0.2, 0.25) is 0 Å². The van der Waals surface area contributed by atoms with Crippen molar-refractivity contribution in [2.75, 3.05) is 6.61 Å². The number of carbonyl (C=O) groups is 2. The lowest BCUT2D eigenvalue weighted by atomic mass is 10.2. The first-order valence-corrected chi connectivity index (χ1v) is 5.44. The molecule has 0 aromatic heterocycles. The topological polar surface area (TPSA) is 139 Å². The minimum atomic E-state index is -1.45. The van der Waals surface area contributed by atoms with Crippen molar-refractivity contribution < 1.29 is 29.5 Å². The Labute approximate surface area is 112 Å². The molecular weight excluding hydrogens is 272 g/mol. The van der Waals surface area contributed by atoms with E-state index in [9.17, 15) is 19.7 Å². The Morgan fingerprint density at radius 2 is 1.95 bits per heavy atom. The van der Waals surface area contributed by atoms with E-state index in [4.69, 9.17) is 14.9 Å². The number of nitrogens with zero attached hydrogens (tertiary/aromatic N) is 1. The Bertz CT molecular complexity index is 500. The molecule has 0 saturated heterocycles. The lowest BCUT2D eigenvalue weighted by molar-refractivity contribution is -0.384. The average molecular weight is 284 g/mol. The predicted octanol–water partition coefficient (Wildman–Crippen LogP) is 0.266. The van der Waals surface area contributed by atoms with Gasteiger partial charge in [0.25, 0.3) is 5.69 Å². The molecule has 1 rings (SSSR count). The van der Waals surface area contributed by atoms with Gasteiger partial charge in [-0.15, -0.1) is 0 Å². The number of nitro benzene ring substituents is 1. The van der Waals surface area contributed by atoms with Crippen LogP contribution in [0, 0.1) is 10.1 Å². The third-order valence-corrected chi connectivity index (χ3v) is 2.29. The number of hydrogen-bond acceptors (Lipinski definition) is 6. The van der Waals surface area contributed by atoms with Crippen LogP contribution in [-0.4, -0.2) is 39.8 Å². The van der Waals surface area contributed by atoms with E-state index in [-0.39, 0.29) is 12.3 Å². The lowest BCUT2D eigenvalue weighted by Gasteiger charge is -2.11.